The van der Waals surface area contributed by atoms with Crippen molar-refractivity contribution in [1.82, 2.24) is 14.8 Å². The number of aryl methyl sites for hydroxylation is 1. The first-order valence-electron chi connectivity index (χ1n) is 10.9. The molecule has 180 valence electrons. The van der Waals surface area contributed by atoms with Crippen LogP contribution in [0.5, 0.6) is 11.5 Å². The van der Waals surface area contributed by atoms with Crippen LogP contribution in [0.15, 0.2) is 42.7 Å². The molecule has 0 aliphatic heterocycles. The molecule has 10 heteroatoms. The van der Waals surface area contributed by atoms with Crippen LogP contribution in [0.2, 0.25) is 0 Å². The summed E-state index contributed by atoms with van der Waals surface area (Å²) in [5.74, 6) is 1.44. The minimum Gasteiger partial charge on any atom is -0.493 e. The van der Waals surface area contributed by atoms with Gasteiger partial charge in [0, 0.05) is 17.8 Å². The summed E-state index contributed by atoms with van der Waals surface area (Å²) in [5.41, 5.74) is 2.61. The van der Waals surface area contributed by atoms with Gasteiger partial charge in [0.2, 0.25) is 0 Å². The van der Waals surface area contributed by atoms with Crippen LogP contribution in [-0.4, -0.2) is 46.5 Å². The predicted octanol–water partition coefficient (Wildman–Crippen LogP) is 4.03. The minimum atomic E-state index is -0.483. The number of carbonyl (C=O) groups excluding carboxylic acids is 1. The van der Waals surface area contributed by atoms with E-state index in [4.69, 9.17) is 14.2 Å². The van der Waals surface area contributed by atoms with E-state index >= 15 is 0 Å². The van der Waals surface area contributed by atoms with Crippen LogP contribution >= 0.6 is 0 Å². The van der Waals surface area contributed by atoms with Gasteiger partial charge in [-0.1, -0.05) is 26.0 Å². The van der Waals surface area contributed by atoms with Crippen LogP contribution in [0.1, 0.15) is 43.0 Å². The zero-order valence-electron chi connectivity index (χ0n) is 19.7. The summed E-state index contributed by atoms with van der Waals surface area (Å²) < 4.78 is 17.8. The third-order valence-corrected chi connectivity index (χ3v) is 5.23. The largest absolute Gasteiger partial charge is 0.493 e. The molecule has 3 rings (SSSR count). The van der Waals surface area contributed by atoms with Gasteiger partial charge in [-0.25, -0.2) is 9.67 Å². The van der Waals surface area contributed by atoms with Gasteiger partial charge < -0.3 is 14.2 Å². The number of carbonyl (C=O) groups is 1. The fourth-order valence-corrected chi connectivity index (χ4v) is 3.53. The van der Waals surface area contributed by atoms with Crippen molar-refractivity contribution in [3.63, 3.8) is 0 Å². The van der Waals surface area contributed by atoms with Crippen molar-refractivity contribution in [2.45, 2.75) is 39.0 Å². The van der Waals surface area contributed by atoms with E-state index in [0.717, 1.165) is 11.3 Å². The van der Waals surface area contributed by atoms with E-state index in [1.54, 1.807) is 30.0 Å². The Bertz CT molecular complexity index is 1140. The lowest BCUT2D eigenvalue weighted by Gasteiger charge is -2.14. The summed E-state index contributed by atoms with van der Waals surface area (Å²) in [5, 5.41) is 15.5. The van der Waals surface area contributed by atoms with E-state index < -0.39 is 4.92 Å². The molecule has 0 saturated carbocycles. The highest BCUT2D eigenvalue weighted by Gasteiger charge is 2.17. The van der Waals surface area contributed by atoms with Gasteiger partial charge in [-0.15, -0.1) is 0 Å². The smallest absolute Gasteiger partial charge is 0.310 e. The van der Waals surface area contributed by atoms with Gasteiger partial charge in [0.05, 0.1) is 37.9 Å². The van der Waals surface area contributed by atoms with Crippen LogP contribution < -0.4 is 9.47 Å². The van der Waals surface area contributed by atoms with E-state index in [9.17, 15) is 14.9 Å². The molecule has 0 atom stereocenters. The maximum atomic E-state index is 11.8. The van der Waals surface area contributed by atoms with Crippen molar-refractivity contribution in [3.05, 3.63) is 69.7 Å². The summed E-state index contributed by atoms with van der Waals surface area (Å²) in [6.45, 7) is 4.53. The minimum absolute atomic E-state index is 0.0692. The second-order valence-corrected chi connectivity index (χ2v) is 7.92. The Hall–Kier alpha value is -3.95. The molecule has 2 aromatic heterocycles. The highest BCUT2D eigenvalue weighted by molar-refractivity contribution is 5.74. The molecule has 2 heterocycles. The number of pyridine rings is 1. The maximum absolute atomic E-state index is 11.8. The highest BCUT2D eigenvalue weighted by Crippen LogP contribution is 2.32. The molecule has 0 spiro atoms. The summed E-state index contributed by atoms with van der Waals surface area (Å²) in [6.07, 6.45) is 4.63. The van der Waals surface area contributed by atoms with E-state index in [2.05, 4.69) is 23.9 Å². The molecule has 0 bridgehead atoms. The molecular weight excluding hydrogens is 440 g/mol. The third-order valence-electron chi connectivity index (χ3n) is 5.23. The first-order chi connectivity index (χ1) is 16.3. The van der Waals surface area contributed by atoms with E-state index in [1.807, 2.05) is 12.3 Å². The predicted molar refractivity (Wildman–Crippen MR) is 125 cm³/mol. The van der Waals surface area contributed by atoms with E-state index in [-0.39, 0.29) is 24.0 Å². The number of benzene rings is 1. The molecule has 0 N–H and O–H groups in total. The molecule has 0 unspecified atom stereocenters. The fraction of sp³-hybridized carbons (Fsp3) is 0.375. The topological polar surface area (TPSA) is 119 Å². The Labute approximate surface area is 197 Å². The monoisotopic (exact) mass is 468 g/mol. The van der Waals surface area contributed by atoms with Gasteiger partial charge in [0.1, 0.15) is 6.20 Å². The summed E-state index contributed by atoms with van der Waals surface area (Å²) in [7, 11) is 2.90. The Kier molecular flexibility index (Phi) is 8.18. The molecular formula is C24H28N4O6. The SMILES string of the molecule is COC(=O)Cc1cccc(OC)c1OCCCc1cn(-c2ccc([N+](=O)[O-])cn2)nc1C(C)C. The molecule has 34 heavy (non-hydrogen) atoms. The average molecular weight is 469 g/mol. The molecule has 0 aliphatic carbocycles. The molecule has 0 saturated heterocycles. The number of ether oxygens (including phenoxy) is 3. The second kappa shape index (κ2) is 11.3. The number of hydrogen-bond acceptors (Lipinski definition) is 8. The Balaban J connectivity index is 1.70. The normalized spacial score (nSPS) is 10.9. The highest BCUT2D eigenvalue weighted by atomic mass is 16.6. The fourth-order valence-electron chi connectivity index (χ4n) is 3.53. The molecule has 1 aromatic carbocycles. The van der Waals surface area contributed by atoms with Gasteiger partial charge in [0.15, 0.2) is 17.3 Å². The number of methoxy groups -OCH3 is 2. The first-order valence-corrected chi connectivity index (χ1v) is 10.9. The molecule has 0 radical (unpaired) electrons. The summed E-state index contributed by atoms with van der Waals surface area (Å²) >= 11 is 0. The van der Waals surface area contributed by atoms with E-state index in [0.29, 0.717) is 42.3 Å². The molecule has 0 aliphatic rings. The number of rotatable bonds is 11. The first kappa shape index (κ1) is 24.7. The van der Waals surface area contributed by atoms with Crippen LogP contribution in [-0.2, 0) is 22.4 Å². The van der Waals surface area contributed by atoms with Crippen molar-refractivity contribution in [3.8, 4) is 17.3 Å². The zero-order valence-corrected chi connectivity index (χ0v) is 19.7. The molecule has 0 fully saturated rings. The van der Waals surface area contributed by atoms with Crippen LogP contribution in [0.3, 0.4) is 0 Å². The van der Waals surface area contributed by atoms with E-state index in [1.165, 1.54) is 19.4 Å². The zero-order chi connectivity index (χ0) is 24.7. The van der Waals surface area contributed by atoms with Crippen LogP contribution in [0, 0.1) is 10.1 Å². The van der Waals surface area contributed by atoms with Crippen LogP contribution in [0.25, 0.3) is 5.82 Å². The second-order valence-electron chi connectivity index (χ2n) is 7.92. The Morgan fingerprint density at radius 2 is 1.97 bits per heavy atom. The quantitative estimate of drug-likeness (QED) is 0.179. The summed E-state index contributed by atoms with van der Waals surface area (Å²) in [6, 6.07) is 8.39. The number of para-hydroxylation sites is 1. The van der Waals surface area contributed by atoms with Crippen LogP contribution in [0.4, 0.5) is 5.69 Å². The number of aromatic nitrogens is 3. The maximum Gasteiger partial charge on any atom is 0.310 e. The standard InChI is InChI=1S/C24H28N4O6/c1-16(2)23-18(15-27(26-23)21-11-10-19(14-25-21)28(30)31)8-6-12-34-24-17(13-22(29)33-4)7-5-9-20(24)32-3/h5,7,9-11,14-16H,6,8,12-13H2,1-4H3. The lowest BCUT2D eigenvalue weighted by Crippen LogP contribution is -2.09. The molecule has 3 aromatic rings. The van der Waals surface area contributed by atoms with Crippen molar-refractivity contribution in [2.75, 3.05) is 20.8 Å². The van der Waals surface area contributed by atoms with Gasteiger partial charge in [-0.05, 0) is 36.5 Å². The number of nitrogens with zero attached hydrogens (tertiary/aromatic N) is 4. The van der Waals surface area contributed by atoms with Gasteiger partial charge in [-0.3, -0.25) is 14.9 Å². The Morgan fingerprint density at radius 3 is 2.59 bits per heavy atom. The van der Waals surface area contributed by atoms with Crippen molar-refractivity contribution < 1.29 is 23.9 Å². The van der Waals surface area contributed by atoms with Crippen molar-refractivity contribution >= 4 is 11.7 Å². The molecule has 0 amide bonds. The number of hydrogen-bond donors (Lipinski definition) is 0. The lowest BCUT2D eigenvalue weighted by atomic mass is 10.0. The lowest BCUT2D eigenvalue weighted by molar-refractivity contribution is -0.385. The van der Waals surface area contributed by atoms with Gasteiger partial charge in [0.25, 0.3) is 5.69 Å². The Morgan fingerprint density at radius 1 is 1.18 bits per heavy atom. The average Bonchev–Trinajstić information content (AvgIpc) is 3.27. The third kappa shape index (κ3) is 5.89. The van der Waals surface area contributed by atoms with Gasteiger partial charge >= 0.3 is 5.97 Å². The summed E-state index contributed by atoms with van der Waals surface area (Å²) in [4.78, 5) is 26.3. The molecule has 10 nitrogen and oxygen atoms in total. The van der Waals surface area contributed by atoms with Gasteiger partial charge in [-0.2, -0.15) is 5.10 Å². The number of esters is 1. The number of nitro groups is 1. The van der Waals surface area contributed by atoms with Crippen molar-refractivity contribution in [1.29, 1.82) is 0 Å². The van der Waals surface area contributed by atoms with Crippen molar-refractivity contribution in [2.24, 2.45) is 0 Å².